The quantitative estimate of drug-likeness (QED) is 0.206. The summed E-state index contributed by atoms with van der Waals surface area (Å²) in [4.78, 5) is 43.2. The van der Waals surface area contributed by atoms with Gasteiger partial charge in [-0.1, -0.05) is 100 Å². The number of rotatable bonds is 16. The molecule has 3 amide bonds. The number of ether oxygens (including phenoxy) is 1. The summed E-state index contributed by atoms with van der Waals surface area (Å²) in [7, 11) is 0. The number of carbonyl (C=O) groups is 3. The fourth-order valence-corrected chi connectivity index (χ4v) is 5.04. The van der Waals surface area contributed by atoms with Crippen LogP contribution in [0.3, 0.4) is 0 Å². The van der Waals surface area contributed by atoms with Gasteiger partial charge in [-0.25, -0.2) is 4.79 Å². The van der Waals surface area contributed by atoms with Crippen molar-refractivity contribution in [3.63, 3.8) is 0 Å². The lowest BCUT2D eigenvalue weighted by atomic mass is 9.95. The molecule has 2 atom stereocenters. The van der Waals surface area contributed by atoms with Gasteiger partial charge in [0.2, 0.25) is 11.8 Å². The molecule has 0 aliphatic carbocycles. The predicted octanol–water partition coefficient (Wildman–Crippen LogP) is 7.20. The van der Waals surface area contributed by atoms with Gasteiger partial charge in [0, 0.05) is 19.5 Å². The van der Waals surface area contributed by atoms with E-state index < -0.39 is 23.8 Å². The van der Waals surface area contributed by atoms with Crippen LogP contribution in [0.25, 0.3) is 0 Å². The van der Waals surface area contributed by atoms with E-state index in [4.69, 9.17) is 4.74 Å². The van der Waals surface area contributed by atoms with E-state index >= 15 is 0 Å². The lowest BCUT2D eigenvalue weighted by molar-refractivity contribution is -0.142. The zero-order chi connectivity index (χ0) is 31.1. The predicted molar refractivity (Wildman–Crippen MR) is 170 cm³/mol. The van der Waals surface area contributed by atoms with Crippen LogP contribution in [0.4, 0.5) is 4.79 Å². The number of alkyl carbamates (subject to hydrolysis) is 1. The number of unbranched alkanes of at least 4 members (excludes halogenated alkanes) is 5. The molecule has 0 aliphatic rings. The Morgan fingerprint density at radius 1 is 0.881 bits per heavy atom. The number of aryl methyl sites for hydroxylation is 2. The molecule has 2 unspecified atom stereocenters. The summed E-state index contributed by atoms with van der Waals surface area (Å²) in [5, 5.41) is 5.96. The molecule has 0 heterocycles. The van der Waals surface area contributed by atoms with Crippen molar-refractivity contribution in [3.8, 4) is 0 Å². The van der Waals surface area contributed by atoms with Crippen molar-refractivity contribution in [1.29, 1.82) is 0 Å². The van der Waals surface area contributed by atoms with E-state index in [-0.39, 0.29) is 18.2 Å². The molecule has 0 bridgehead atoms. The molecule has 2 aromatic carbocycles. The molecular weight excluding hydrogens is 526 g/mol. The molecule has 0 fully saturated rings. The number of nitrogens with zero attached hydrogens (tertiary/aromatic N) is 1. The first kappa shape index (κ1) is 34.8. The molecule has 0 spiro atoms. The van der Waals surface area contributed by atoms with Gasteiger partial charge in [0.05, 0.1) is 0 Å². The van der Waals surface area contributed by atoms with Gasteiger partial charge in [0.15, 0.2) is 0 Å². The highest BCUT2D eigenvalue weighted by Gasteiger charge is 2.36. The van der Waals surface area contributed by atoms with Crippen LogP contribution in [0, 0.1) is 13.8 Å². The van der Waals surface area contributed by atoms with Crippen molar-refractivity contribution < 1.29 is 19.1 Å². The first-order chi connectivity index (χ1) is 20.0. The topological polar surface area (TPSA) is 87.7 Å². The lowest BCUT2D eigenvalue weighted by Gasteiger charge is -2.35. The molecule has 2 N–H and O–H groups in total. The average Bonchev–Trinajstić information content (AvgIpc) is 2.92. The second kappa shape index (κ2) is 17.6. The molecule has 2 rings (SSSR count). The molecule has 7 heteroatoms. The second-order valence-electron chi connectivity index (χ2n) is 12.2. The van der Waals surface area contributed by atoms with Crippen LogP contribution >= 0.6 is 0 Å². The minimum absolute atomic E-state index is 0.197. The van der Waals surface area contributed by atoms with E-state index in [2.05, 4.69) is 24.5 Å². The summed E-state index contributed by atoms with van der Waals surface area (Å²) in [6.45, 7) is 14.6. The maximum Gasteiger partial charge on any atom is 0.408 e. The summed E-state index contributed by atoms with van der Waals surface area (Å²) in [6, 6.07) is 13.9. The van der Waals surface area contributed by atoms with Crippen molar-refractivity contribution in [2.24, 2.45) is 0 Å². The fourth-order valence-electron chi connectivity index (χ4n) is 5.04. The van der Waals surface area contributed by atoms with Gasteiger partial charge in [0.1, 0.15) is 17.7 Å². The van der Waals surface area contributed by atoms with Crippen LogP contribution < -0.4 is 10.6 Å². The third-order valence-electron chi connectivity index (χ3n) is 7.17. The molecule has 2 aromatic rings. The van der Waals surface area contributed by atoms with Gasteiger partial charge >= 0.3 is 6.09 Å². The molecule has 0 radical (unpaired) electrons. The van der Waals surface area contributed by atoms with E-state index in [0.29, 0.717) is 13.1 Å². The van der Waals surface area contributed by atoms with Crippen molar-refractivity contribution in [3.05, 3.63) is 70.8 Å². The summed E-state index contributed by atoms with van der Waals surface area (Å²) in [5.74, 6) is -0.493. The van der Waals surface area contributed by atoms with E-state index in [1.54, 1.807) is 25.7 Å². The Balaban J connectivity index is 2.55. The highest BCUT2D eigenvalue weighted by molar-refractivity contribution is 5.92. The summed E-state index contributed by atoms with van der Waals surface area (Å²) in [6.07, 6.45) is 6.38. The van der Waals surface area contributed by atoms with Crippen molar-refractivity contribution in [2.75, 3.05) is 13.1 Å². The minimum Gasteiger partial charge on any atom is -0.444 e. The van der Waals surface area contributed by atoms with Gasteiger partial charge < -0.3 is 20.3 Å². The summed E-state index contributed by atoms with van der Waals surface area (Å²) >= 11 is 0. The maximum absolute atomic E-state index is 14.6. The van der Waals surface area contributed by atoms with Crippen LogP contribution in [-0.2, 0) is 20.7 Å². The van der Waals surface area contributed by atoms with Crippen LogP contribution in [0.5, 0.6) is 0 Å². The molecule has 0 saturated heterocycles. The number of hydrogen-bond donors (Lipinski definition) is 2. The van der Waals surface area contributed by atoms with Gasteiger partial charge in [-0.3, -0.25) is 9.59 Å². The number of nitrogens with one attached hydrogen (secondary N) is 2. The number of hydrogen-bond acceptors (Lipinski definition) is 4. The molecule has 0 saturated carbocycles. The Morgan fingerprint density at radius 3 is 2.17 bits per heavy atom. The van der Waals surface area contributed by atoms with Crippen molar-refractivity contribution in [2.45, 2.75) is 118 Å². The van der Waals surface area contributed by atoms with Crippen molar-refractivity contribution in [1.82, 2.24) is 15.5 Å². The molecule has 0 aliphatic heterocycles. The Morgan fingerprint density at radius 2 is 1.55 bits per heavy atom. The Kier molecular flexibility index (Phi) is 14.6. The van der Waals surface area contributed by atoms with Gasteiger partial charge in [0.25, 0.3) is 0 Å². The van der Waals surface area contributed by atoms with Crippen molar-refractivity contribution >= 4 is 17.9 Å². The fraction of sp³-hybridized carbons (Fsp3) is 0.571. The normalized spacial score (nSPS) is 12.7. The monoisotopic (exact) mass is 579 g/mol. The smallest absolute Gasteiger partial charge is 0.408 e. The van der Waals surface area contributed by atoms with Gasteiger partial charge in [-0.05, 0) is 64.2 Å². The van der Waals surface area contributed by atoms with Crippen LogP contribution in [0.15, 0.2) is 48.5 Å². The molecular formula is C35H53N3O4. The molecule has 7 nitrogen and oxygen atoms in total. The highest BCUT2D eigenvalue weighted by Crippen LogP contribution is 2.28. The highest BCUT2D eigenvalue weighted by atomic mass is 16.6. The largest absolute Gasteiger partial charge is 0.444 e. The van der Waals surface area contributed by atoms with Crippen LogP contribution in [0.1, 0.15) is 108 Å². The Bertz CT molecular complexity index is 1130. The van der Waals surface area contributed by atoms with E-state index in [1.807, 2.05) is 62.4 Å². The zero-order valence-electron chi connectivity index (χ0n) is 26.9. The third-order valence-corrected chi connectivity index (χ3v) is 7.17. The van der Waals surface area contributed by atoms with Crippen LogP contribution in [0.2, 0.25) is 0 Å². The Hall–Kier alpha value is -3.35. The number of amides is 3. The molecule has 0 aromatic heterocycles. The van der Waals surface area contributed by atoms with Crippen LogP contribution in [-0.4, -0.2) is 47.5 Å². The standard InChI is InChI=1S/C35H53N3O4/c1-8-10-12-17-23-38(31(32(39)36-22-16-11-9-2)29-21-20-26(3)24-27(29)4)33(40)30(25-28-18-14-13-15-19-28)37-34(41)42-35(5,6)7/h13-15,18-21,24,30-31H,8-12,16-17,22-23,25H2,1-7H3,(H,36,39)(H,37,41). The van der Waals surface area contributed by atoms with Gasteiger partial charge in [-0.15, -0.1) is 0 Å². The molecule has 42 heavy (non-hydrogen) atoms. The summed E-state index contributed by atoms with van der Waals surface area (Å²) < 4.78 is 5.55. The molecule has 232 valence electrons. The second-order valence-corrected chi connectivity index (χ2v) is 12.2. The summed E-state index contributed by atoms with van der Waals surface area (Å²) in [5.41, 5.74) is 3.03. The van der Waals surface area contributed by atoms with E-state index in [1.165, 1.54) is 0 Å². The maximum atomic E-state index is 14.6. The number of benzene rings is 2. The minimum atomic E-state index is -0.908. The third kappa shape index (κ3) is 11.9. The first-order valence-corrected chi connectivity index (χ1v) is 15.7. The Labute approximate surface area is 253 Å². The number of carbonyl (C=O) groups excluding carboxylic acids is 3. The SMILES string of the molecule is CCCCCCN(C(=O)C(Cc1ccccc1)NC(=O)OC(C)(C)C)C(C(=O)NCCCCC)c1ccc(C)cc1C. The average molecular weight is 580 g/mol. The van der Waals surface area contributed by atoms with E-state index in [9.17, 15) is 14.4 Å². The van der Waals surface area contributed by atoms with Gasteiger partial charge in [-0.2, -0.15) is 0 Å². The zero-order valence-corrected chi connectivity index (χ0v) is 26.9. The lowest BCUT2D eigenvalue weighted by Crippen LogP contribution is -2.54. The van der Waals surface area contributed by atoms with E-state index in [0.717, 1.165) is 67.2 Å². The first-order valence-electron chi connectivity index (χ1n) is 15.7.